The first-order chi connectivity index (χ1) is 14.3. The topological polar surface area (TPSA) is 65.2 Å². The standard InChI is InChI=1S/C23H23N5O/c24-11-5-13-28-18-19(20-6-1-2-7-21(20)28)9-10-23(29)27-16-14-26(15-17-27)22-8-3-4-12-25-22/h1-4,6-10,12,18H,5,13-17H2/b10-9+. The second kappa shape index (κ2) is 8.61. The summed E-state index contributed by atoms with van der Waals surface area (Å²) in [5.41, 5.74) is 2.08. The number of para-hydroxylation sites is 1. The summed E-state index contributed by atoms with van der Waals surface area (Å²) in [6, 6.07) is 16.2. The van der Waals surface area contributed by atoms with E-state index in [9.17, 15) is 4.79 Å². The van der Waals surface area contributed by atoms with Crippen LogP contribution in [0.2, 0.25) is 0 Å². The van der Waals surface area contributed by atoms with Crippen molar-refractivity contribution in [2.24, 2.45) is 0 Å². The summed E-state index contributed by atoms with van der Waals surface area (Å²) in [4.78, 5) is 21.2. The van der Waals surface area contributed by atoms with Crippen molar-refractivity contribution >= 4 is 28.7 Å². The molecule has 1 aromatic carbocycles. The third-order valence-electron chi connectivity index (χ3n) is 5.25. The lowest BCUT2D eigenvalue weighted by Crippen LogP contribution is -2.48. The van der Waals surface area contributed by atoms with Crippen molar-refractivity contribution in [2.45, 2.75) is 13.0 Å². The summed E-state index contributed by atoms with van der Waals surface area (Å²) < 4.78 is 2.08. The van der Waals surface area contributed by atoms with Gasteiger partial charge in [0.1, 0.15) is 5.82 Å². The number of benzene rings is 1. The molecule has 0 atom stereocenters. The molecule has 0 radical (unpaired) electrons. The van der Waals surface area contributed by atoms with E-state index in [2.05, 4.69) is 20.5 Å². The fourth-order valence-electron chi connectivity index (χ4n) is 3.73. The highest BCUT2D eigenvalue weighted by Gasteiger charge is 2.20. The van der Waals surface area contributed by atoms with Crippen LogP contribution in [0.3, 0.4) is 0 Å². The smallest absolute Gasteiger partial charge is 0.246 e. The number of hydrogen-bond acceptors (Lipinski definition) is 4. The van der Waals surface area contributed by atoms with Crippen molar-refractivity contribution in [3.63, 3.8) is 0 Å². The van der Waals surface area contributed by atoms with E-state index in [1.165, 1.54) is 0 Å². The van der Waals surface area contributed by atoms with Crippen molar-refractivity contribution in [2.75, 3.05) is 31.1 Å². The molecule has 6 heteroatoms. The molecule has 4 rings (SSSR count). The fourth-order valence-corrected chi connectivity index (χ4v) is 3.73. The van der Waals surface area contributed by atoms with Gasteiger partial charge in [-0.3, -0.25) is 4.79 Å². The third kappa shape index (κ3) is 4.14. The number of carbonyl (C=O) groups excluding carboxylic acids is 1. The zero-order valence-electron chi connectivity index (χ0n) is 16.2. The molecule has 1 saturated heterocycles. The van der Waals surface area contributed by atoms with E-state index >= 15 is 0 Å². The molecular weight excluding hydrogens is 362 g/mol. The monoisotopic (exact) mass is 385 g/mol. The molecule has 1 aliphatic rings. The van der Waals surface area contributed by atoms with Crippen LogP contribution in [0.1, 0.15) is 12.0 Å². The molecule has 29 heavy (non-hydrogen) atoms. The van der Waals surface area contributed by atoms with E-state index in [4.69, 9.17) is 5.26 Å². The van der Waals surface area contributed by atoms with Crippen LogP contribution >= 0.6 is 0 Å². The van der Waals surface area contributed by atoms with Crippen molar-refractivity contribution in [1.82, 2.24) is 14.5 Å². The van der Waals surface area contributed by atoms with Gasteiger partial charge in [-0.15, -0.1) is 0 Å². The minimum Gasteiger partial charge on any atom is -0.353 e. The van der Waals surface area contributed by atoms with Crippen LogP contribution in [0.4, 0.5) is 5.82 Å². The number of carbonyl (C=O) groups is 1. The van der Waals surface area contributed by atoms with Gasteiger partial charge in [-0.1, -0.05) is 24.3 Å². The van der Waals surface area contributed by atoms with E-state index in [1.807, 2.05) is 59.6 Å². The number of anilines is 1. The molecule has 3 aromatic rings. The molecule has 0 bridgehead atoms. The second-order valence-electron chi connectivity index (χ2n) is 7.04. The molecule has 0 N–H and O–H groups in total. The second-order valence-corrected chi connectivity index (χ2v) is 7.04. The van der Waals surface area contributed by atoms with Crippen molar-refractivity contribution in [3.8, 4) is 6.07 Å². The van der Waals surface area contributed by atoms with Gasteiger partial charge < -0.3 is 14.4 Å². The lowest BCUT2D eigenvalue weighted by Gasteiger charge is -2.34. The number of piperazine rings is 1. The van der Waals surface area contributed by atoms with Crippen LogP contribution < -0.4 is 4.90 Å². The Kier molecular flexibility index (Phi) is 5.57. The maximum Gasteiger partial charge on any atom is 0.246 e. The van der Waals surface area contributed by atoms with Gasteiger partial charge in [0.15, 0.2) is 0 Å². The normalized spacial score (nSPS) is 14.4. The summed E-state index contributed by atoms with van der Waals surface area (Å²) in [5.74, 6) is 0.986. The lowest BCUT2D eigenvalue weighted by molar-refractivity contribution is -0.126. The van der Waals surface area contributed by atoms with Gasteiger partial charge in [0.25, 0.3) is 0 Å². The average molecular weight is 385 g/mol. The Bertz CT molecular complexity index is 1060. The molecule has 0 spiro atoms. The zero-order chi connectivity index (χ0) is 20.1. The summed E-state index contributed by atoms with van der Waals surface area (Å²) in [6.07, 6.45) is 7.82. The maximum atomic E-state index is 12.7. The SMILES string of the molecule is N#CCCn1cc(/C=C/C(=O)N2CCN(c3ccccn3)CC2)c2ccccc21. The van der Waals surface area contributed by atoms with Crippen LogP contribution in [0.5, 0.6) is 0 Å². The highest BCUT2D eigenvalue weighted by molar-refractivity contribution is 5.96. The molecule has 1 amide bonds. The Balaban J connectivity index is 1.43. The third-order valence-corrected chi connectivity index (χ3v) is 5.25. The predicted octanol–water partition coefficient (Wildman–Crippen LogP) is 3.31. The number of pyridine rings is 1. The van der Waals surface area contributed by atoms with Crippen LogP contribution in [-0.2, 0) is 11.3 Å². The predicted molar refractivity (Wildman–Crippen MR) is 114 cm³/mol. The van der Waals surface area contributed by atoms with E-state index in [0.717, 1.165) is 35.4 Å². The van der Waals surface area contributed by atoms with E-state index < -0.39 is 0 Å². The van der Waals surface area contributed by atoms with Crippen molar-refractivity contribution in [3.05, 3.63) is 66.5 Å². The number of nitriles is 1. The molecule has 0 saturated carbocycles. The molecule has 146 valence electrons. The molecule has 6 nitrogen and oxygen atoms in total. The molecular formula is C23H23N5O. The molecule has 0 aliphatic carbocycles. The first-order valence-electron chi connectivity index (χ1n) is 9.84. The first kappa shape index (κ1) is 18.8. The number of amides is 1. The quantitative estimate of drug-likeness (QED) is 0.632. The molecule has 1 fully saturated rings. The summed E-state index contributed by atoms with van der Waals surface area (Å²) in [5, 5.41) is 9.98. The minimum atomic E-state index is 0.0273. The number of nitrogens with zero attached hydrogens (tertiary/aromatic N) is 5. The van der Waals surface area contributed by atoms with Crippen molar-refractivity contribution in [1.29, 1.82) is 5.26 Å². The Hall–Kier alpha value is -3.59. The largest absolute Gasteiger partial charge is 0.353 e. The van der Waals surface area contributed by atoms with Gasteiger partial charge in [-0.05, 0) is 24.3 Å². The molecule has 1 aliphatic heterocycles. The number of rotatable bonds is 5. The van der Waals surface area contributed by atoms with Gasteiger partial charge in [0.05, 0.1) is 12.5 Å². The van der Waals surface area contributed by atoms with Crippen LogP contribution in [0.25, 0.3) is 17.0 Å². The molecule has 2 aromatic heterocycles. The van der Waals surface area contributed by atoms with Gasteiger partial charge in [-0.2, -0.15) is 5.26 Å². The Labute approximate surface area is 170 Å². The highest BCUT2D eigenvalue weighted by Crippen LogP contribution is 2.23. The van der Waals surface area contributed by atoms with Gasteiger partial charge >= 0.3 is 0 Å². The van der Waals surface area contributed by atoms with Gasteiger partial charge in [-0.25, -0.2) is 4.98 Å². The zero-order valence-corrected chi connectivity index (χ0v) is 16.2. The fraction of sp³-hybridized carbons (Fsp3) is 0.261. The Morgan fingerprint density at radius 1 is 1.10 bits per heavy atom. The lowest BCUT2D eigenvalue weighted by atomic mass is 10.1. The molecule has 0 unspecified atom stereocenters. The Morgan fingerprint density at radius 2 is 1.90 bits per heavy atom. The maximum absolute atomic E-state index is 12.7. The van der Waals surface area contributed by atoms with Gasteiger partial charge in [0.2, 0.25) is 5.91 Å². The van der Waals surface area contributed by atoms with E-state index in [1.54, 1.807) is 12.3 Å². The minimum absolute atomic E-state index is 0.0273. The summed E-state index contributed by atoms with van der Waals surface area (Å²) in [6.45, 7) is 3.58. The highest BCUT2D eigenvalue weighted by atomic mass is 16.2. The van der Waals surface area contributed by atoms with E-state index in [-0.39, 0.29) is 5.91 Å². The summed E-state index contributed by atoms with van der Waals surface area (Å²) in [7, 11) is 0. The van der Waals surface area contributed by atoms with Crippen LogP contribution in [0, 0.1) is 11.3 Å². The van der Waals surface area contributed by atoms with Crippen LogP contribution in [0.15, 0.2) is 60.9 Å². The number of hydrogen-bond donors (Lipinski definition) is 0. The van der Waals surface area contributed by atoms with Gasteiger partial charge in [0, 0.05) is 67.7 Å². The van der Waals surface area contributed by atoms with Crippen molar-refractivity contribution < 1.29 is 4.79 Å². The molecule has 3 heterocycles. The number of aryl methyl sites for hydroxylation is 1. The Morgan fingerprint density at radius 3 is 2.66 bits per heavy atom. The number of fused-ring (bicyclic) bond motifs is 1. The first-order valence-corrected chi connectivity index (χ1v) is 9.84. The summed E-state index contributed by atoms with van der Waals surface area (Å²) >= 11 is 0. The van der Waals surface area contributed by atoms with Crippen LogP contribution in [-0.4, -0.2) is 46.5 Å². The number of aromatic nitrogens is 2. The van der Waals surface area contributed by atoms with E-state index in [0.29, 0.717) is 26.1 Å². The average Bonchev–Trinajstić information content (AvgIpc) is 3.14.